The van der Waals surface area contributed by atoms with Crippen molar-refractivity contribution in [3.05, 3.63) is 0 Å². The van der Waals surface area contributed by atoms with E-state index in [0.29, 0.717) is 0 Å². The molecule has 0 unspecified atom stereocenters. The third kappa shape index (κ3) is 1.91. The van der Waals surface area contributed by atoms with Crippen molar-refractivity contribution < 1.29 is 24.5 Å². The van der Waals surface area contributed by atoms with Crippen molar-refractivity contribution in [3.63, 3.8) is 0 Å². The standard InChI is InChI=1S/C6H8O5/c7-4(8)1-6(10)2-5(9)11-3-6/h10H,1-3H2,(H,7,8)/t6-/m0/s1. The van der Waals surface area contributed by atoms with Gasteiger partial charge in [0.2, 0.25) is 0 Å². The van der Waals surface area contributed by atoms with Crippen molar-refractivity contribution in [2.75, 3.05) is 6.61 Å². The van der Waals surface area contributed by atoms with Gasteiger partial charge in [-0.1, -0.05) is 0 Å². The topological polar surface area (TPSA) is 83.8 Å². The molecule has 1 fully saturated rings. The zero-order valence-electron chi connectivity index (χ0n) is 5.74. The van der Waals surface area contributed by atoms with Gasteiger partial charge in [-0.15, -0.1) is 0 Å². The minimum atomic E-state index is -1.48. The molecule has 2 N–H and O–H groups in total. The van der Waals surface area contributed by atoms with Crippen LogP contribution in [-0.4, -0.2) is 34.4 Å². The predicted molar refractivity (Wildman–Crippen MR) is 32.8 cm³/mol. The fourth-order valence-corrected chi connectivity index (χ4v) is 0.981. The maximum Gasteiger partial charge on any atom is 0.308 e. The van der Waals surface area contributed by atoms with Gasteiger partial charge in [-0.2, -0.15) is 0 Å². The lowest BCUT2D eigenvalue weighted by molar-refractivity contribution is -0.142. The smallest absolute Gasteiger partial charge is 0.308 e. The van der Waals surface area contributed by atoms with Crippen molar-refractivity contribution in [2.45, 2.75) is 18.4 Å². The molecule has 1 aliphatic rings. The summed E-state index contributed by atoms with van der Waals surface area (Å²) in [4.78, 5) is 20.6. The first kappa shape index (κ1) is 8.00. The summed E-state index contributed by atoms with van der Waals surface area (Å²) in [6, 6.07) is 0. The van der Waals surface area contributed by atoms with Crippen LogP contribution in [0.5, 0.6) is 0 Å². The highest BCUT2D eigenvalue weighted by Gasteiger charge is 2.40. The number of carbonyl (C=O) groups excluding carboxylic acids is 1. The van der Waals surface area contributed by atoms with E-state index in [1.165, 1.54) is 0 Å². The highest BCUT2D eigenvalue weighted by molar-refractivity contribution is 5.76. The predicted octanol–water partition coefficient (Wildman–Crippen LogP) is -0.861. The van der Waals surface area contributed by atoms with Gasteiger partial charge >= 0.3 is 11.9 Å². The molecule has 1 saturated heterocycles. The second-order valence-corrected chi connectivity index (χ2v) is 2.63. The molecule has 0 aliphatic carbocycles. The molecule has 1 rings (SSSR count). The number of carbonyl (C=O) groups is 2. The zero-order valence-corrected chi connectivity index (χ0v) is 5.74. The minimum absolute atomic E-state index is 0.210. The van der Waals surface area contributed by atoms with E-state index in [0.717, 1.165) is 0 Å². The van der Waals surface area contributed by atoms with Crippen LogP contribution in [0.4, 0.5) is 0 Å². The van der Waals surface area contributed by atoms with Gasteiger partial charge in [-0.25, -0.2) is 0 Å². The second-order valence-electron chi connectivity index (χ2n) is 2.63. The van der Waals surface area contributed by atoms with Crippen molar-refractivity contribution in [2.24, 2.45) is 0 Å². The van der Waals surface area contributed by atoms with Gasteiger partial charge in [0, 0.05) is 0 Å². The number of rotatable bonds is 2. The Labute approximate surface area is 62.6 Å². The number of carboxylic acids is 1. The normalized spacial score (nSPS) is 30.1. The molecule has 0 spiro atoms. The maximum absolute atomic E-state index is 10.5. The van der Waals surface area contributed by atoms with Crippen LogP contribution in [0.3, 0.4) is 0 Å². The molecule has 0 aromatic carbocycles. The largest absolute Gasteiger partial charge is 0.481 e. The number of carboxylic acid groups (broad SMARTS) is 1. The lowest BCUT2D eigenvalue weighted by Crippen LogP contribution is -2.31. The van der Waals surface area contributed by atoms with Crippen LogP contribution in [0.25, 0.3) is 0 Å². The van der Waals surface area contributed by atoms with Crippen LogP contribution < -0.4 is 0 Å². The molecule has 0 aromatic heterocycles. The Morgan fingerprint density at radius 3 is 2.73 bits per heavy atom. The van der Waals surface area contributed by atoms with E-state index >= 15 is 0 Å². The van der Waals surface area contributed by atoms with E-state index in [1.807, 2.05) is 0 Å². The molecule has 0 aromatic rings. The molecule has 1 heterocycles. The summed E-state index contributed by atoms with van der Waals surface area (Å²) in [7, 11) is 0. The van der Waals surface area contributed by atoms with Crippen LogP contribution in [0.1, 0.15) is 12.8 Å². The Hall–Kier alpha value is -1.10. The third-order valence-corrected chi connectivity index (χ3v) is 1.46. The molecule has 5 nitrogen and oxygen atoms in total. The molecule has 1 aliphatic heterocycles. The van der Waals surface area contributed by atoms with Gasteiger partial charge in [0.25, 0.3) is 0 Å². The average Bonchev–Trinajstić information content (AvgIpc) is 2.08. The first-order valence-corrected chi connectivity index (χ1v) is 3.12. The van der Waals surface area contributed by atoms with E-state index in [4.69, 9.17) is 5.11 Å². The molecule has 5 heteroatoms. The summed E-state index contributed by atoms with van der Waals surface area (Å²) in [5, 5.41) is 17.6. The Morgan fingerprint density at radius 2 is 2.36 bits per heavy atom. The van der Waals surface area contributed by atoms with Crippen molar-refractivity contribution in [1.82, 2.24) is 0 Å². The zero-order chi connectivity index (χ0) is 8.48. The molecule has 0 saturated carbocycles. The summed E-state index contributed by atoms with van der Waals surface area (Å²) in [5.74, 6) is -1.68. The first-order valence-electron chi connectivity index (χ1n) is 3.12. The summed E-state index contributed by atoms with van der Waals surface area (Å²) in [6.45, 7) is -0.210. The van der Waals surface area contributed by atoms with Gasteiger partial charge < -0.3 is 14.9 Å². The van der Waals surface area contributed by atoms with Gasteiger partial charge in [-0.3, -0.25) is 9.59 Å². The summed E-state index contributed by atoms with van der Waals surface area (Å²) >= 11 is 0. The van der Waals surface area contributed by atoms with Crippen molar-refractivity contribution in [3.8, 4) is 0 Å². The van der Waals surface area contributed by atoms with Crippen LogP contribution in [0.2, 0.25) is 0 Å². The van der Waals surface area contributed by atoms with E-state index in [1.54, 1.807) is 0 Å². The van der Waals surface area contributed by atoms with Crippen molar-refractivity contribution in [1.29, 1.82) is 0 Å². The summed E-state index contributed by atoms with van der Waals surface area (Å²) < 4.78 is 4.42. The monoisotopic (exact) mass is 160 g/mol. The van der Waals surface area contributed by atoms with Gasteiger partial charge in [0.1, 0.15) is 12.2 Å². The Morgan fingerprint density at radius 1 is 1.73 bits per heavy atom. The van der Waals surface area contributed by atoms with E-state index in [-0.39, 0.29) is 13.0 Å². The maximum atomic E-state index is 10.5. The van der Waals surface area contributed by atoms with Crippen molar-refractivity contribution >= 4 is 11.9 Å². The summed E-state index contributed by atoms with van der Waals surface area (Å²) in [5.41, 5.74) is -1.48. The number of aliphatic carboxylic acids is 1. The Balaban J connectivity index is 2.55. The lowest BCUT2D eigenvalue weighted by atomic mass is 9.99. The highest BCUT2D eigenvalue weighted by Crippen LogP contribution is 2.22. The number of aliphatic hydroxyl groups is 1. The summed E-state index contributed by atoms with van der Waals surface area (Å²) in [6.07, 6.45) is -0.669. The molecule has 0 radical (unpaired) electrons. The molecule has 0 amide bonds. The Kier molecular flexibility index (Phi) is 1.82. The van der Waals surface area contributed by atoms with Gasteiger partial charge in [0.05, 0.1) is 12.8 Å². The number of hydrogen-bond donors (Lipinski definition) is 2. The highest BCUT2D eigenvalue weighted by atomic mass is 16.6. The molecule has 62 valence electrons. The molecule has 11 heavy (non-hydrogen) atoms. The Bertz CT molecular complexity index is 199. The molecule has 0 bridgehead atoms. The van der Waals surface area contributed by atoms with E-state index in [2.05, 4.69) is 4.74 Å². The fourth-order valence-electron chi connectivity index (χ4n) is 0.981. The van der Waals surface area contributed by atoms with E-state index in [9.17, 15) is 14.7 Å². The molecular weight excluding hydrogens is 152 g/mol. The molecule has 1 atom stereocenters. The quantitative estimate of drug-likeness (QED) is 0.513. The van der Waals surface area contributed by atoms with Crippen LogP contribution in [-0.2, 0) is 14.3 Å². The van der Waals surface area contributed by atoms with E-state index < -0.39 is 24.0 Å². The average molecular weight is 160 g/mol. The number of cyclic esters (lactones) is 1. The minimum Gasteiger partial charge on any atom is -0.481 e. The van der Waals surface area contributed by atoms with Crippen LogP contribution >= 0.6 is 0 Å². The second kappa shape index (κ2) is 2.50. The SMILES string of the molecule is O=C(O)C[C@@]1(O)COC(=O)C1. The van der Waals surface area contributed by atoms with Gasteiger partial charge in [-0.05, 0) is 0 Å². The number of ether oxygens (including phenoxy) is 1. The fraction of sp³-hybridized carbons (Fsp3) is 0.667. The molecular formula is C6H8O5. The lowest BCUT2D eigenvalue weighted by Gasteiger charge is -2.14. The first-order chi connectivity index (χ1) is 5.02. The number of hydrogen-bond acceptors (Lipinski definition) is 4. The van der Waals surface area contributed by atoms with Crippen LogP contribution in [0, 0.1) is 0 Å². The van der Waals surface area contributed by atoms with Gasteiger partial charge in [0.15, 0.2) is 0 Å². The number of esters is 1. The van der Waals surface area contributed by atoms with Crippen LogP contribution in [0.15, 0.2) is 0 Å². The third-order valence-electron chi connectivity index (χ3n) is 1.46.